The van der Waals surface area contributed by atoms with Gasteiger partial charge in [-0.1, -0.05) is 24.3 Å². The van der Waals surface area contributed by atoms with Crippen LogP contribution in [0.15, 0.2) is 48.5 Å². The molecule has 2 N–H and O–H groups in total. The molecule has 0 saturated heterocycles. The molecule has 0 unspecified atom stereocenters. The maximum Gasteiger partial charge on any atom is 0.325 e. The Morgan fingerprint density at radius 2 is 1.52 bits per heavy atom. The van der Waals surface area contributed by atoms with Crippen LogP contribution in [0, 0.1) is 0 Å². The van der Waals surface area contributed by atoms with Crippen molar-refractivity contribution in [3.63, 3.8) is 0 Å². The average Bonchev–Trinajstić information content (AvgIpc) is 2.70. The zero-order valence-corrected chi connectivity index (χ0v) is 15.0. The van der Waals surface area contributed by atoms with E-state index in [2.05, 4.69) is 10.6 Å². The number of hydrogen-bond acceptors (Lipinski definition) is 6. The van der Waals surface area contributed by atoms with Gasteiger partial charge in [-0.25, -0.2) is 0 Å². The van der Waals surface area contributed by atoms with Crippen LogP contribution in [0.4, 0.5) is 5.69 Å². The molecule has 0 spiro atoms. The summed E-state index contributed by atoms with van der Waals surface area (Å²) >= 11 is 0. The number of carbonyl (C=O) groups is 3. The third-order valence-corrected chi connectivity index (χ3v) is 3.49. The number of esters is 1. The number of benzene rings is 2. The van der Waals surface area contributed by atoms with Crippen LogP contribution >= 0.6 is 0 Å². The minimum Gasteiger partial charge on any atom is -0.496 e. The highest BCUT2D eigenvalue weighted by molar-refractivity contribution is 5.98. The highest BCUT2D eigenvalue weighted by atomic mass is 16.5. The van der Waals surface area contributed by atoms with E-state index in [1.54, 1.807) is 48.5 Å². The van der Waals surface area contributed by atoms with E-state index < -0.39 is 24.4 Å². The highest BCUT2D eigenvalue weighted by Gasteiger charge is 2.14. The van der Waals surface area contributed by atoms with Crippen molar-refractivity contribution in [2.45, 2.75) is 0 Å². The second-order valence-electron chi connectivity index (χ2n) is 5.29. The summed E-state index contributed by atoms with van der Waals surface area (Å²) in [6.07, 6.45) is 0. The van der Waals surface area contributed by atoms with E-state index in [0.717, 1.165) is 0 Å². The Hall–Kier alpha value is -3.55. The third kappa shape index (κ3) is 5.74. The van der Waals surface area contributed by atoms with E-state index in [1.165, 1.54) is 14.2 Å². The number of rotatable bonds is 8. The van der Waals surface area contributed by atoms with Crippen LogP contribution < -0.4 is 20.1 Å². The maximum atomic E-state index is 12.1. The molecule has 0 atom stereocenters. The smallest absolute Gasteiger partial charge is 0.325 e. The summed E-state index contributed by atoms with van der Waals surface area (Å²) in [6.45, 7) is -0.861. The Kier molecular flexibility index (Phi) is 7.18. The van der Waals surface area contributed by atoms with Crippen molar-refractivity contribution in [2.24, 2.45) is 0 Å². The van der Waals surface area contributed by atoms with Crippen molar-refractivity contribution >= 4 is 23.5 Å². The number of para-hydroxylation sites is 3. The number of anilines is 1. The topological polar surface area (TPSA) is 103 Å². The van der Waals surface area contributed by atoms with E-state index in [-0.39, 0.29) is 6.54 Å². The van der Waals surface area contributed by atoms with E-state index in [4.69, 9.17) is 14.2 Å². The Morgan fingerprint density at radius 1 is 0.889 bits per heavy atom. The third-order valence-electron chi connectivity index (χ3n) is 3.49. The standard InChI is InChI=1S/C19H20N2O6/c1-25-15-9-5-3-7-13(15)19(24)20-11-18(23)27-12-17(22)21-14-8-4-6-10-16(14)26-2/h3-10H,11-12H2,1-2H3,(H,20,24)(H,21,22). The SMILES string of the molecule is COc1ccccc1NC(=O)COC(=O)CNC(=O)c1ccccc1OC. The molecule has 0 aliphatic heterocycles. The molecule has 0 bridgehead atoms. The molecule has 0 heterocycles. The van der Waals surface area contributed by atoms with Crippen LogP contribution in [0.1, 0.15) is 10.4 Å². The van der Waals surface area contributed by atoms with Gasteiger partial charge < -0.3 is 24.8 Å². The predicted molar refractivity (Wildman–Crippen MR) is 97.9 cm³/mol. The van der Waals surface area contributed by atoms with E-state index in [0.29, 0.717) is 22.7 Å². The molecule has 2 aromatic rings. The fraction of sp³-hybridized carbons (Fsp3) is 0.211. The van der Waals surface area contributed by atoms with Crippen molar-refractivity contribution in [2.75, 3.05) is 32.7 Å². The minimum atomic E-state index is -0.742. The van der Waals surface area contributed by atoms with E-state index in [9.17, 15) is 14.4 Å². The molecular formula is C19H20N2O6. The largest absolute Gasteiger partial charge is 0.496 e. The molecule has 0 fully saturated rings. The number of methoxy groups -OCH3 is 2. The summed E-state index contributed by atoms with van der Waals surface area (Å²) in [5.74, 6) is -0.874. The Labute approximate surface area is 156 Å². The first-order chi connectivity index (χ1) is 13.0. The maximum absolute atomic E-state index is 12.1. The predicted octanol–water partition coefficient (Wildman–Crippen LogP) is 1.62. The summed E-state index contributed by atoms with van der Waals surface area (Å²) in [5, 5.41) is 5.00. The molecule has 8 nitrogen and oxygen atoms in total. The van der Waals surface area contributed by atoms with Crippen LogP contribution in [0.25, 0.3) is 0 Å². The molecule has 0 saturated carbocycles. The number of nitrogens with one attached hydrogen (secondary N) is 2. The Balaban J connectivity index is 1.79. The lowest BCUT2D eigenvalue weighted by Crippen LogP contribution is -2.32. The summed E-state index contributed by atoms with van der Waals surface area (Å²) in [6, 6.07) is 13.5. The summed E-state index contributed by atoms with van der Waals surface area (Å²) in [5.41, 5.74) is 0.757. The first kappa shape index (κ1) is 19.8. The molecule has 27 heavy (non-hydrogen) atoms. The van der Waals surface area contributed by atoms with Gasteiger partial charge in [0.05, 0.1) is 25.5 Å². The van der Waals surface area contributed by atoms with Gasteiger partial charge in [0, 0.05) is 0 Å². The van der Waals surface area contributed by atoms with Crippen molar-refractivity contribution in [3.8, 4) is 11.5 Å². The Bertz CT molecular complexity index is 821. The summed E-state index contributed by atoms with van der Waals surface area (Å²) in [7, 11) is 2.93. The van der Waals surface area contributed by atoms with Crippen molar-refractivity contribution in [1.82, 2.24) is 5.32 Å². The average molecular weight is 372 g/mol. The molecule has 0 radical (unpaired) electrons. The quantitative estimate of drug-likeness (QED) is 0.683. The molecule has 2 amide bonds. The summed E-state index contributed by atoms with van der Waals surface area (Å²) < 4.78 is 15.1. The number of amides is 2. The molecule has 142 valence electrons. The van der Waals surface area contributed by atoms with Crippen molar-refractivity contribution in [1.29, 1.82) is 0 Å². The van der Waals surface area contributed by atoms with Gasteiger partial charge in [0.1, 0.15) is 18.0 Å². The van der Waals surface area contributed by atoms with Gasteiger partial charge in [-0.3, -0.25) is 14.4 Å². The Morgan fingerprint density at radius 3 is 2.22 bits per heavy atom. The molecule has 8 heteroatoms. The van der Waals surface area contributed by atoms with Gasteiger partial charge in [-0.15, -0.1) is 0 Å². The van der Waals surface area contributed by atoms with Crippen molar-refractivity contribution in [3.05, 3.63) is 54.1 Å². The lowest BCUT2D eigenvalue weighted by molar-refractivity contribution is -0.146. The first-order valence-electron chi connectivity index (χ1n) is 8.05. The van der Waals surface area contributed by atoms with E-state index in [1.807, 2.05) is 0 Å². The van der Waals surface area contributed by atoms with Gasteiger partial charge in [0.2, 0.25) is 0 Å². The number of hydrogen-bond donors (Lipinski definition) is 2. The molecule has 2 aromatic carbocycles. The van der Waals surface area contributed by atoms with Crippen molar-refractivity contribution < 1.29 is 28.6 Å². The van der Waals surface area contributed by atoms with Gasteiger partial charge in [0.25, 0.3) is 11.8 Å². The molecule has 0 aliphatic carbocycles. The van der Waals surface area contributed by atoms with E-state index >= 15 is 0 Å². The van der Waals surface area contributed by atoms with Crippen LogP contribution in [0.3, 0.4) is 0 Å². The lowest BCUT2D eigenvalue weighted by atomic mass is 10.2. The van der Waals surface area contributed by atoms with Gasteiger partial charge in [0.15, 0.2) is 6.61 Å². The normalized spacial score (nSPS) is 9.85. The number of ether oxygens (including phenoxy) is 3. The fourth-order valence-corrected chi connectivity index (χ4v) is 2.21. The molecule has 0 aliphatic rings. The first-order valence-corrected chi connectivity index (χ1v) is 8.05. The number of carbonyl (C=O) groups excluding carboxylic acids is 3. The van der Waals surface area contributed by atoms with Crippen LogP contribution in [-0.2, 0) is 14.3 Å². The second kappa shape index (κ2) is 9.81. The van der Waals surface area contributed by atoms with Crippen LogP contribution in [0.5, 0.6) is 11.5 Å². The molecule has 2 rings (SSSR count). The minimum absolute atomic E-state index is 0.293. The zero-order valence-electron chi connectivity index (χ0n) is 15.0. The molecular weight excluding hydrogens is 352 g/mol. The molecule has 0 aromatic heterocycles. The van der Waals surface area contributed by atoms with Crippen LogP contribution in [0.2, 0.25) is 0 Å². The monoisotopic (exact) mass is 372 g/mol. The lowest BCUT2D eigenvalue weighted by Gasteiger charge is -2.11. The van der Waals surface area contributed by atoms with Gasteiger partial charge in [-0.05, 0) is 24.3 Å². The second-order valence-corrected chi connectivity index (χ2v) is 5.29. The fourth-order valence-electron chi connectivity index (χ4n) is 2.21. The van der Waals surface area contributed by atoms with Gasteiger partial charge in [-0.2, -0.15) is 0 Å². The van der Waals surface area contributed by atoms with Gasteiger partial charge >= 0.3 is 5.97 Å². The summed E-state index contributed by atoms with van der Waals surface area (Å²) in [4.78, 5) is 35.7. The zero-order chi connectivity index (χ0) is 19.6. The highest BCUT2D eigenvalue weighted by Crippen LogP contribution is 2.22. The van der Waals surface area contributed by atoms with Crippen LogP contribution in [-0.4, -0.2) is 45.2 Å².